The number of hydrogen-bond donors (Lipinski definition) is 0. The van der Waals surface area contributed by atoms with Gasteiger partial charge < -0.3 is 4.81 Å². The highest BCUT2D eigenvalue weighted by Crippen LogP contribution is 2.46. The summed E-state index contributed by atoms with van der Waals surface area (Å²) >= 11 is 0. The van der Waals surface area contributed by atoms with E-state index in [1.807, 2.05) is 23.1 Å². The van der Waals surface area contributed by atoms with E-state index in [0.717, 1.165) is 22.7 Å². The van der Waals surface area contributed by atoms with Gasteiger partial charge in [-0.3, -0.25) is 0 Å². The molecule has 8 rings (SSSR count). The van der Waals surface area contributed by atoms with Crippen LogP contribution in [0.1, 0.15) is 0 Å². The Bertz CT molecular complexity index is 1630. The Kier molecular flexibility index (Phi) is 3.93. The molecule has 36 heavy (non-hydrogen) atoms. The molecule has 4 aromatic carbocycles. The van der Waals surface area contributed by atoms with E-state index < -0.39 is 0 Å². The van der Waals surface area contributed by atoms with E-state index in [4.69, 9.17) is 0 Å². The largest absolute Gasteiger partial charge is 0.376 e. The van der Waals surface area contributed by atoms with E-state index in [1.165, 1.54) is 33.2 Å². The molecule has 7 heteroatoms. The minimum atomic E-state index is 0.0473. The molecular formula is C29H19BN6. The number of anilines is 2. The molecule has 6 aromatic rings. The molecule has 168 valence electrons. The fourth-order valence-electron chi connectivity index (χ4n) is 5.75. The van der Waals surface area contributed by atoms with E-state index in [1.54, 1.807) is 17.2 Å². The Labute approximate surface area is 208 Å². The third kappa shape index (κ3) is 2.65. The molecule has 0 aliphatic carbocycles. The smallest absolute Gasteiger partial charge is 0.329 e. The van der Waals surface area contributed by atoms with E-state index in [2.05, 4.69) is 105 Å². The van der Waals surface area contributed by atoms with Gasteiger partial charge in [-0.25, -0.2) is 4.68 Å². The molecule has 0 spiro atoms. The molecule has 4 heterocycles. The lowest BCUT2D eigenvalue weighted by atomic mass is 9.43. The van der Waals surface area contributed by atoms with Crippen molar-refractivity contribution in [1.29, 1.82) is 0 Å². The fourth-order valence-corrected chi connectivity index (χ4v) is 5.75. The molecule has 0 amide bonds. The Hall–Kier alpha value is -4.91. The predicted octanol–water partition coefficient (Wildman–Crippen LogP) is 4.36. The van der Waals surface area contributed by atoms with Crippen LogP contribution in [0, 0.1) is 0 Å². The standard InChI is InChI=1S/C29H19BN6/c1-3-8-26-22(6-1)24-12-10-20(34-17-5-14-31-34)18-28(24)35-29-19-21(36-32-15-16-33-36)11-13-25(29)23-7-2-4-9-27(23)30(26)35/h1-19H. The number of hydrogen-bond acceptors (Lipinski definition) is 4. The summed E-state index contributed by atoms with van der Waals surface area (Å²) in [5.41, 5.74) is 11.8. The summed E-state index contributed by atoms with van der Waals surface area (Å²) in [6, 6.07) is 32.6. The first kappa shape index (κ1) is 19.4. The molecule has 0 saturated heterocycles. The molecule has 2 aromatic heterocycles. The van der Waals surface area contributed by atoms with Gasteiger partial charge in [-0.1, -0.05) is 60.7 Å². The Morgan fingerprint density at radius 3 is 1.78 bits per heavy atom. The van der Waals surface area contributed by atoms with E-state index in [-0.39, 0.29) is 6.85 Å². The lowest BCUT2D eigenvalue weighted by Crippen LogP contribution is -2.59. The number of benzene rings is 4. The van der Waals surface area contributed by atoms with Crippen LogP contribution in [-0.4, -0.2) is 31.6 Å². The van der Waals surface area contributed by atoms with Gasteiger partial charge in [0.15, 0.2) is 0 Å². The zero-order valence-corrected chi connectivity index (χ0v) is 19.2. The SMILES string of the molecule is c1ccc2c(c1)B1c3ccccc3-c3ccc(-n4nccn4)cc3N1c1cc(-n3cccn3)ccc1-2. The van der Waals surface area contributed by atoms with E-state index in [0.29, 0.717) is 0 Å². The number of nitrogens with zero attached hydrogens (tertiary/aromatic N) is 6. The summed E-state index contributed by atoms with van der Waals surface area (Å²) < 4.78 is 1.92. The summed E-state index contributed by atoms with van der Waals surface area (Å²) in [5, 5.41) is 13.3. The summed E-state index contributed by atoms with van der Waals surface area (Å²) in [7, 11) is 0. The third-order valence-electron chi connectivity index (χ3n) is 7.25. The second-order valence-corrected chi connectivity index (χ2v) is 9.12. The lowest BCUT2D eigenvalue weighted by molar-refractivity contribution is 0.752. The lowest BCUT2D eigenvalue weighted by Gasteiger charge is -2.43. The minimum Gasteiger partial charge on any atom is -0.376 e. The average molecular weight is 462 g/mol. The second-order valence-electron chi connectivity index (χ2n) is 9.12. The quantitative estimate of drug-likeness (QED) is 0.359. The van der Waals surface area contributed by atoms with E-state index in [9.17, 15) is 0 Å². The molecule has 0 atom stereocenters. The number of fused-ring (bicyclic) bond motifs is 11. The van der Waals surface area contributed by atoms with Crippen LogP contribution in [0.2, 0.25) is 0 Å². The van der Waals surface area contributed by atoms with Gasteiger partial charge in [0.25, 0.3) is 0 Å². The normalized spacial score (nSPS) is 12.9. The maximum absolute atomic E-state index is 4.49. The first-order valence-electron chi connectivity index (χ1n) is 12.0. The molecule has 0 radical (unpaired) electrons. The van der Waals surface area contributed by atoms with Gasteiger partial charge in [-0.15, -0.1) is 0 Å². The van der Waals surface area contributed by atoms with Crippen LogP contribution in [0.25, 0.3) is 33.6 Å². The van der Waals surface area contributed by atoms with Crippen LogP contribution in [0.5, 0.6) is 0 Å². The molecule has 0 bridgehead atoms. The molecule has 0 fully saturated rings. The highest BCUT2D eigenvalue weighted by molar-refractivity contribution is 6.92. The summed E-state index contributed by atoms with van der Waals surface area (Å²) in [4.78, 5) is 4.16. The van der Waals surface area contributed by atoms with Gasteiger partial charge in [-0.05, 0) is 52.4 Å². The van der Waals surface area contributed by atoms with Crippen LogP contribution in [0.15, 0.2) is 116 Å². The van der Waals surface area contributed by atoms with Gasteiger partial charge in [0.1, 0.15) is 0 Å². The molecule has 0 N–H and O–H groups in total. The average Bonchev–Trinajstić information content (AvgIpc) is 3.67. The van der Waals surface area contributed by atoms with Crippen molar-refractivity contribution in [2.75, 3.05) is 4.81 Å². The second kappa shape index (κ2) is 7.30. The number of rotatable bonds is 2. The third-order valence-corrected chi connectivity index (χ3v) is 7.25. The van der Waals surface area contributed by atoms with Crippen LogP contribution >= 0.6 is 0 Å². The van der Waals surface area contributed by atoms with Gasteiger partial charge in [-0.2, -0.15) is 20.1 Å². The first-order valence-corrected chi connectivity index (χ1v) is 12.0. The molecule has 6 nitrogen and oxygen atoms in total. The highest BCUT2D eigenvalue weighted by Gasteiger charge is 2.42. The predicted molar refractivity (Wildman–Crippen MR) is 143 cm³/mol. The van der Waals surface area contributed by atoms with Crippen LogP contribution in [0.3, 0.4) is 0 Å². The van der Waals surface area contributed by atoms with Crippen molar-refractivity contribution in [3.63, 3.8) is 0 Å². The molecule has 0 saturated carbocycles. The number of aromatic nitrogens is 5. The van der Waals surface area contributed by atoms with Gasteiger partial charge >= 0.3 is 6.85 Å². The van der Waals surface area contributed by atoms with Crippen LogP contribution < -0.4 is 15.7 Å². The van der Waals surface area contributed by atoms with Gasteiger partial charge in [0, 0.05) is 34.9 Å². The Morgan fingerprint density at radius 2 is 1.14 bits per heavy atom. The van der Waals surface area contributed by atoms with Gasteiger partial charge in [0.05, 0.1) is 23.8 Å². The first-order chi connectivity index (χ1) is 17.9. The van der Waals surface area contributed by atoms with Crippen LogP contribution in [0.4, 0.5) is 11.4 Å². The Morgan fingerprint density at radius 1 is 0.528 bits per heavy atom. The van der Waals surface area contributed by atoms with Crippen molar-refractivity contribution in [2.24, 2.45) is 0 Å². The summed E-state index contributed by atoms with van der Waals surface area (Å²) in [6.07, 6.45) is 7.21. The topological polar surface area (TPSA) is 51.8 Å². The highest BCUT2D eigenvalue weighted by atomic mass is 15.5. The summed E-state index contributed by atoms with van der Waals surface area (Å²) in [5.74, 6) is 0. The van der Waals surface area contributed by atoms with Crippen molar-refractivity contribution >= 4 is 29.1 Å². The zero-order chi connectivity index (χ0) is 23.6. The molecule has 2 aliphatic rings. The van der Waals surface area contributed by atoms with Gasteiger partial charge in [0.2, 0.25) is 0 Å². The molecule has 0 unspecified atom stereocenters. The zero-order valence-electron chi connectivity index (χ0n) is 19.2. The van der Waals surface area contributed by atoms with Crippen molar-refractivity contribution in [1.82, 2.24) is 24.8 Å². The van der Waals surface area contributed by atoms with Crippen molar-refractivity contribution in [3.8, 4) is 33.6 Å². The van der Waals surface area contributed by atoms with Crippen molar-refractivity contribution < 1.29 is 0 Å². The molecular weight excluding hydrogens is 443 g/mol. The van der Waals surface area contributed by atoms with Crippen molar-refractivity contribution in [2.45, 2.75) is 0 Å². The van der Waals surface area contributed by atoms with Crippen LogP contribution in [-0.2, 0) is 0 Å². The summed E-state index contributed by atoms with van der Waals surface area (Å²) in [6.45, 7) is 0.0473. The Balaban J connectivity index is 1.46. The maximum atomic E-state index is 4.49. The minimum absolute atomic E-state index is 0.0473. The maximum Gasteiger partial charge on any atom is 0.329 e. The van der Waals surface area contributed by atoms with E-state index >= 15 is 0 Å². The molecule has 2 aliphatic heterocycles. The monoisotopic (exact) mass is 462 g/mol. The fraction of sp³-hybridized carbons (Fsp3) is 0. The van der Waals surface area contributed by atoms with Crippen molar-refractivity contribution in [3.05, 3.63) is 116 Å².